The minimum Gasteiger partial charge on any atom is -0.495 e. The minimum absolute atomic E-state index is 0.233. The van der Waals surface area contributed by atoms with Gasteiger partial charge in [-0.15, -0.1) is 0 Å². The Hall–Kier alpha value is -2.38. The van der Waals surface area contributed by atoms with E-state index in [1.54, 1.807) is 31.4 Å². The number of aromatic nitrogens is 2. The molecule has 0 saturated heterocycles. The molecule has 0 unspecified atom stereocenters. The van der Waals surface area contributed by atoms with E-state index in [-0.39, 0.29) is 11.5 Å². The van der Waals surface area contributed by atoms with Crippen molar-refractivity contribution in [1.29, 1.82) is 0 Å². The number of fused-ring (bicyclic) bond motifs is 1. The number of ether oxygens (including phenoxy) is 1. The first-order valence-corrected chi connectivity index (χ1v) is 7.27. The van der Waals surface area contributed by atoms with E-state index in [4.69, 9.17) is 10.6 Å². The summed E-state index contributed by atoms with van der Waals surface area (Å²) in [7, 11) is 1.55. The molecule has 1 aromatic heterocycles. The SMILES string of the molecule is COc1ccccc1-n1c(NN)nc2ccc(Br)cc2c1=O. The van der Waals surface area contributed by atoms with Gasteiger partial charge < -0.3 is 4.74 Å². The molecule has 7 heteroatoms. The second kappa shape index (κ2) is 5.78. The van der Waals surface area contributed by atoms with Crippen LogP contribution in [0.5, 0.6) is 5.75 Å². The lowest BCUT2D eigenvalue weighted by molar-refractivity contribution is 0.412. The smallest absolute Gasteiger partial charge is 0.267 e. The van der Waals surface area contributed by atoms with Gasteiger partial charge in [-0.05, 0) is 30.3 Å². The Morgan fingerprint density at radius 2 is 2.05 bits per heavy atom. The van der Waals surface area contributed by atoms with Crippen LogP contribution in [0.25, 0.3) is 16.6 Å². The number of nitrogens with one attached hydrogen (secondary N) is 1. The molecule has 0 radical (unpaired) electrons. The summed E-state index contributed by atoms with van der Waals surface area (Å²) in [6, 6.07) is 12.5. The van der Waals surface area contributed by atoms with E-state index in [1.165, 1.54) is 4.57 Å². The van der Waals surface area contributed by atoms with Gasteiger partial charge in [0.05, 0.1) is 23.7 Å². The fourth-order valence-electron chi connectivity index (χ4n) is 2.29. The molecule has 0 amide bonds. The van der Waals surface area contributed by atoms with Gasteiger partial charge in [0.25, 0.3) is 5.56 Å². The monoisotopic (exact) mass is 360 g/mol. The van der Waals surface area contributed by atoms with Gasteiger partial charge in [-0.25, -0.2) is 15.4 Å². The van der Waals surface area contributed by atoms with Gasteiger partial charge in [-0.2, -0.15) is 0 Å². The summed E-state index contributed by atoms with van der Waals surface area (Å²) in [6.07, 6.45) is 0. The Kier molecular flexibility index (Phi) is 3.82. The molecule has 2 aromatic carbocycles. The lowest BCUT2D eigenvalue weighted by Crippen LogP contribution is -2.26. The third-order valence-electron chi connectivity index (χ3n) is 3.29. The molecule has 0 bridgehead atoms. The van der Waals surface area contributed by atoms with E-state index in [0.717, 1.165) is 4.47 Å². The van der Waals surface area contributed by atoms with E-state index in [9.17, 15) is 4.79 Å². The highest BCUT2D eigenvalue weighted by atomic mass is 79.9. The van der Waals surface area contributed by atoms with Crippen LogP contribution in [0.2, 0.25) is 0 Å². The van der Waals surface area contributed by atoms with Crippen molar-refractivity contribution in [3.63, 3.8) is 0 Å². The second-order valence-corrected chi connectivity index (χ2v) is 5.47. The average Bonchev–Trinajstić information content (AvgIpc) is 2.55. The summed E-state index contributed by atoms with van der Waals surface area (Å²) >= 11 is 3.37. The van der Waals surface area contributed by atoms with E-state index >= 15 is 0 Å². The molecule has 0 fully saturated rings. The Balaban J connectivity index is 2.42. The number of benzene rings is 2. The molecule has 3 N–H and O–H groups in total. The number of methoxy groups -OCH3 is 1. The topological polar surface area (TPSA) is 82.2 Å². The van der Waals surface area contributed by atoms with Crippen molar-refractivity contribution in [2.24, 2.45) is 5.84 Å². The van der Waals surface area contributed by atoms with E-state index < -0.39 is 0 Å². The maximum atomic E-state index is 12.9. The maximum absolute atomic E-state index is 12.9. The number of anilines is 1. The summed E-state index contributed by atoms with van der Waals surface area (Å²) in [6.45, 7) is 0. The Morgan fingerprint density at radius 3 is 2.77 bits per heavy atom. The predicted molar refractivity (Wildman–Crippen MR) is 89.4 cm³/mol. The summed E-state index contributed by atoms with van der Waals surface area (Å²) in [5.41, 5.74) is 3.37. The second-order valence-electron chi connectivity index (χ2n) is 4.55. The molecular formula is C15H13BrN4O2. The van der Waals surface area contributed by atoms with Crippen LogP contribution in [-0.2, 0) is 0 Å². The molecule has 3 aromatic rings. The fraction of sp³-hybridized carbons (Fsp3) is 0.0667. The number of nitrogen functional groups attached to an aromatic ring is 1. The summed E-state index contributed by atoms with van der Waals surface area (Å²) in [5, 5.41) is 0.485. The van der Waals surface area contributed by atoms with Crippen molar-refractivity contribution in [3.8, 4) is 11.4 Å². The van der Waals surface area contributed by atoms with E-state index in [0.29, 0.717) is 22.3 Å². The van der Waals surface area contributed by atoms with Crippen LogP contribution in [0.1, 0.15) is 0 Å². The minimum atomic E-state index is -0.233. The number of hydrazine groups is 1. The third-order valence-corrected chi connectivity index (χ3v) is 3.78. The van der Waals surface area contributed by atoms with Crippen LogP contribution >= 0.6 is 15.9 Å². The van der Waals surface area contributed by atoms with Gasteiger partial charge in [0, 0.05) is 4.47 Å². The molecule has 0 saturated carbocycles. The zero-order valence-corrected chi connectivity index (χ0v) is 13.3. The number of nitrogens with two attached hydrogens (primary N) is 1. The third kappa shape index (κ3) is 2.34. The average molecular weight is 361 g/mol. The van der Waals surface area contributed by atoms with Gasteiger partial charge in [-0.3, -0.25) is 10.2 Å². The number of rotatable bonds is 3. The van der Waals surface area contributed by atoms with Crippen LogP contribution < -0.4 is 21.6 Å². The van der Waals surface area contributed by atoms with Crippen LogP contribution in [0.3, 0.4) is 0 Å². The molecule has 6 nitrogen and oxygen atoms in total. The highest BCUT2D eigenvalue weighted by Gasteiger charge is 2.15. The molecule has 22 heavy (non-hydrogen) atoms. The largest absolute Gasteiger partial charge is 0.495 e. The molecular weight excluding hydrogens is 348 g/mol. The number of halogens is 1. The fourth-order valence-corrected chi connectivity index (χ4v) is 2.65. The van der Waals surface area contributed by atoms with Crippen LogP contribution in [0, 0.1) is 0 Å². The number of nitrogens with zero attached hydrogens (tertiary/aromatic N) is 2. The summed E-state index contributed by atoms with van der Waals surface area (Å²) in [4.78, 5) is 17.3. The first-order chi connectivity index (χ1) is 10.7. The predicted octanol–water partition coefficient (Wildman–Crippen LogP) is 2.44. The zero-order valence-electron chi connectivity index (χ0n) is 11.7. The molecule has 1 heterocycles. The first kappa shape index (κ1) is 14.6. The highest BCUT2D eigenvalue weighted by molar-refractivity contribution is 9.10. The Labute approximate surface area is 134 Å². The lowest BCUT2D eigenvalue weighted by atomic mass is 10.2. The first-order valence-electron chi connectivity index (χ1n) is 6.48. The standard InChI is InChI=1S/C15H13BrN4O2/c1-22-13-5-3-2-4-12(13)20-14(21)10-8-9(16)6-7-11(10)18-15(20)19-17/h2-8H,17H2,1H3,(H,18,19). The molecule has 0 aliphatic carbocycles. The maximum Gasteiger partial charge on any atom is 0.267 e. The molecule has 0 aliphatic rings. The quantitative estimate of drug-likeness (QED) is 0.553. The van der Waals surface area contributed by atoms with Crippen LogP contribution in [0.15, 0.2) is 51.7 Å². The molecule has 112 valence electrons. The highest BCUT2D eigenvalue weighted by Crippen LogP contribution is 2.25. The van der Waals surface area contributed by atoms with Crippen molar-refractivity contribution in [2.45, 2.75) is 0 Å². The summed E-state index contributed by atoms with van der Waals surface area (Å²) < 4.78 is 7.53. The van der Waals surface area contributed by atoms with Crippen molar-refractivity contribution in [3.05, 3.63) is 57.3 Å². The van der Waals surface area contributed by atoms with Gasteiger partial charge in [-0.1, -0.05) is 28.1 Å². The van der Waals surface area contributed by atoms with Gasteiger partial charge >= 0.3 is 0 Å². The lowest BCUT2D eigenvalue weighted by Gasteiger charge is -2.15. The van der Waals surface area contributed by atoms with Crippen molar-refractivity contribution < 1.29 is 4.74 Å². The van der Waals surface area contributed by atoms with E-state index in [2.05, 4.69) is 26.3 Å². The van der Waals surface area contributed by atoms with E-state index in [1.807, 2.05) is 18.2 Å². The van der Waals surface area contributed by atoms with Crippen molar-refractivity contribution >= 4 is 32.8 Å². The molecule has 3 rings (SSSR count). The number of hydrogen-bond acceptors (Lipinski definition) is 5. The summed E-state index contributed by atoms with van der Waals surface area (Å²) in [5.74, 6) is 6.34. The normalized spacial score (nSPS) is 10.7. The van der Waals surface area contributed by atoms with Gasteiger partial charge in [0.15, 0.2) is 0 Å². The van der Waals surface area contributed by atoms with Gasteiger partial charge in [0.1, 0.15) is 5.75 Å². The molecule has 0 atom stereocenters. The van der Waals surface area contributed by atoms with Crippen molar-refractivity contribution in [2.75, 3.05) is 12.5 Å². The number of para-hydroxylation sites is 2. The van der Waals surface area contributed by atoms with Crippen molar-refractivity contribution in [1.82, 2.24) is 9.55 Å². The van der Waals surface area contributed by atoms with Crippen LogP contribution in [0.4, 0.5) is 5.95 Å². The Bertz CT molecular complexity index is 908. The molecule has 0 aliphatic heterocycles. The number of hydrogen-bond donors (Lipinski definition) is 2. The zero-order chi connectivity index (χ0) is 15.7. The molecule has 0 spiro atoms. The Morgan fingerprint density at radius 1 is 1.27 bits per heavy atom. The van der Waals surface area contributed by atoms with Gasteiger partial charge in [0.2, 0.25) is 5.95 Å². The van der Waals surface area contributed by atoms with Crippen LogP contribution in [-0.4, -0.2) is 16.7 Å².